The van der Waals surface area contributed by atoms with Gasteiger partial charge in [0.25, 0.3) is 0 Å². The predicted molar refractivity (Wildman–Crippen MR) is 101 cm³/mol. The molecule has 0 aliphatic heterocycles. The van der Waals surface area contributed by atoms with Crippen molar-refractivity contribution in [3.8, 4) is 11.5 Å². The second-order valence-corrected chi connectivity index (χ2v) is 6.60. The Kier molecular flexibility index (Phi) is 6.77. The van der Waals surface area contributed by atoms with Crippen molar-refractivity contribution in [1.29, 1.82) is 0 Å². The third-order valence-corrected chi connectivity index (χ3v) is 4.80. The standard InChI is InChI=1S/C16H18BrN3O4S/c1-5-11-14(15(21)24-4)25-16(19-11)20-18-8-9-6-10(17)13(23-3)12(7-9)22-2/h6-8H,5H2,1-4H3,(H,19,20)/b18-8-. The number of nitrogens with zero attached hydrogens (tertiary/aromatic N) is 2. The third-order valence-electron chi connectivity index (χ3n) is 3.23. The van der Waals surface area contributed by atoms with Crippen molar-refractivity contribution in [1.82, 2.24) is 4.98 Å². The molecule has 2 aromatic rings. The lowest BCUT2D eigenvalue weighted by Crippen LogP contribution is -2.01. The maximum absolute atomic E-state index is 11.7. The molecule has 1 aromatic heterocycles. The first-order chi connectivity index (χ1) is 12.0. The molecular formula is C16H18BrN3O4S. The molecule has 0 bridgehead atoms. The largest absolute Gasteiger partial charge is 0.493 e. The van der Waals surface area contributed by atoms with Crippen molar-refractivity contribution >= 4 is 44.6 Å². The average Bonchev–Trinajstić information content (AvgIpc) is 3.03. The minimum Gasteiger partial charge on any atom is -0.493 e. The van der Waals surface area contributed by atoms with Crippen LogP contribution in [0, 0.1) is 0 Å². The van der Waals surface area contributed by atoms with Gasteiger partial charge < -0.3 is 14.2 Å². The Balaban J connectivity index is 2.17. The number of anilines is 1. The summed E-state index contributed by atoms with van der Waals surface area (Å²) in [6.45, 7) is 1.93. The lowest BCUT2D eigenvalue weighted by atomic mass is 10.2. The molecular weight excluding hydrogens is 410 g/mol. The van der Waals surface area contributed by atoms with Crippen LogP contribution in [0.4, 0.5) is 5.13 Å². The van der Waals surface area contributed by atoms with E-state index in [9.17, 15) is 4.79 Å². The van der Waals surface area contributed by atoms with Crippen molar-refractivity contribution in [2.45, 2.75) is 13.3 Å². The van der Waals surface area contributed by atoms with Crippen LogP contribution in [0.1, 0.15) is 27.9 Å². The van der Waals surface area contributed by atoms with Crippen molar-refractivity contribution in [2.75, 3.05) is 26.8 Å². The zero-order valence-corrected chi connectivity index (χ0v) is 16.7. The fourth-order valence-electron chi connectivity index (χ4n) is 2.07. The number of nitrogens with one attached hydrogen (secondary N) is 1. The van der Waals surface area contributed by atoms with Gasteiger partial charge in [0.2, 0.25) is 5.13 Å². The maximum Gasteiger partial charge on any atom is 0.350 e. The number of esters is 1. The summed E-state index contributed by atoms with van der Waals surface area (Å²) in [6.07, 6.45) is 2.26. The highest BCUT2D eigenvalue weighted by Gasteiger charge is 2.17. The second-order valence-electron chi connectivity index (χ2n) is 4.75. The number of rotatable bonds is 7. The summed E-state index contributed by atoms with van der Waals surface area (Å²) in [4.78, 5) is 16.6. The molecule has 0 fully saturated rings. The van der Waals surface area contributed by atoms with Crippen molar-refractivity contribution < 1.29 is 19.0 Å². The number of methoxy groups -OCH3 is 3. The number of thiazole rings is 1. The average molecular weight is 428 g/mol. The molecule has 0 atom stereocenters. The van der Waals surface area contributed by atoms with Gasteiger partial charge in [-0.3, -0.25) is 5.43 Å². The van der Waals surface area contributed by atoms with E-state index in [0.717, 1.165) is 10.0 Å². The zero-order chi connectivity index (χ0) is 18.4. The maximum atomic E-state index is 11.7. The monoisotopic (exact) mass is 427 g/mol. The summed E-state index contributed by atoms with van der Waals surface area (Å²) >= 11 is 4.64. The van der Waals surface area contributed by atoms with Crippen LogP contribution in [0.3, 0.4) is 0 Å². The molecule has 1 aromatic carbocycles. The SMILES string of the molecule is CCc1nc(N/N=C\c2cc(Br)c(OC)c(OC)c2)sc1C(=O)OC. The lowest BCUT2D eigenvalue weighted by molar-refractivity contribution is 0.0605. The number of aromatic nitrogens is 1. The van der Waals surface area contributed by atoms with E-state index in [0.29, 0.717) is 33.6 Å². The Morgan fingerprint density at radius 1 is 1.36 bits per heavy atom. The normalized spacial score (nSPS) is 10.8. The van der Waals surface area contributed by atoms with E-state index in [4.69, 9.17) is 14.2 Å². The molecule has 0 saturated heterocycles. The van der Waals surface area contributed by atoms with Crippen molar-refractivity contribution in [3.63, 3.8) is 0 Å². The Bertz CT molecular complexity index is 792. The number of halogens is 1. The lowest BCUT2D eigenvalue weighted by Gasteiger charge is -2.10. The highest BCUT2D eigenvalue weighted by Crippen LogP contribution is 2.35. The molecule has 1 N–H and O–H groups in total. The molecule has 0 saturated carbocycles. The summed E-state index contributed by atoms with van der Waals surface area (Å²) in [5.41, 5.74) is 4.32. The Labute approximate surface area is 158 Å². The number of carbonyl (C=O) groups excluding carboxylic acids is 1. The van der Waals surface area contributed by atoms with Gasteiger partial charge in [-0.15, -0.1) is 0 Å². The molecule has 1 heterocycles. The number of aryl methyl sites for hydroxylation is 1. The van der Waals surface area contributed by atoms with Crippen LogP contribution in [0.2, 0.25) is 0 Å². The molecule has 9 heteroatoms. The van der Waals surface area contributed by atoms with E-state index in [-0.39, 0.29) is 0 Å². The number of ether oxygens (including phenoxy) is 3. The molecule has 134 valence electrons. The van der Waals surface area contributed by atoms with E-state index < -0.39 is 5.97 Å². The van der Waals surface area contributed by atoms with Gasteiger partial charge in [-0.25, -0.2) is 9.78 Å². The van der Waals surface area contributed by atoms with E-state index in [1.807, 2.05) is 13.0 Å². The van der Waals surface area contributed by atoms with Gasteiger partial charge >= 0.3 is 5.97 Å². The first kappa shape index (κ1) is 19.2. The summed E-state index contributed by atoms with van der Waals surface area (Å²) in [6, 6.07) is 3.65. The van der Waals surface area contributed by atoms with Gasteiger partial charge in [-0.05, 0) is 40.0 Å². The molecule has 25 heavy (non-hydrogen) atoms. The number of carbonyl (C=O) groups is 1. The van der Waals surface area contributed by atoms with Crippen molar-refractivity contribution in [2.24, 2.45) is 5.10 Å². The zero-order valence-electron chi connectivity index (χ0n) is 14.3. The van der Waals surface area contributed by atoms with Crippen LogP contribution in [0.15, 0.2) is 21.7 Å². The van der Waals surface area contributed by atoms with Crippen molar-refractivity contribution in [3.05, 3.63) is 32.7 Å². The molecule has 0 aliphatic rings. The fourth-order valence-corrected chi connectivity index (χ4v) is 3.61. The van der Waals surface area contributed by atoms with Crippen LogP contribution in [0.25, 0.3) is 0 Å². The minimum atomic E-state index is -0.393. The smallest absolute Gasteiger partial charge is 0.350 e. The number of hydrogen-bond donors (Lipinski definition) is 1. The van der Waals surface area contributed by atoms with Crippen LogP contribution >= 0.6 is 27.3 Å². The van der Waals surface area contributed by atoms with E-state index in [2.05, 4.69) is 31.4 Å². The summed E-state index contributed by atoms with van der Waals surface area (Å²) < 4.78 is 16.1. The molecule has 2 rings (SSSR count). The van der Waals surface area contributed by atoms with Crippen LogP contribution in [0.5, 0.6) is 11.5 Å². The van der Waals surface area contributed by atoms with Crippen LogP contribution in [-0.2, 0) is 11.2 Å². The van der Waals surface area contributed by atoms with E-state index >= 15 is 0 Å². The molecule has 7 nitrogen and oxygen atoms in total. The summed E-state index contributed by atoms with van der Waals surface area (Å²) in [5, 5.41) is 4.68. The minimum absolute atomic E-state index is 0.393. The summed E-state index contributed by atoms with van der Waals surface area (Å²) in [7, 11) is 4.49. The van der Waals surface area contributed by atoms with Gasteiger partial charge in [0.1, 0.15) is 4.88 Å². The highest BCUT2D eigenvalue weighted by atomic mass is 79.9. The predicted octanol–water partition coefficient (Wildman–Crippen LogP) is 3.72. The van der Waals surface area contributed by atoms with Gasteiger partial charge in [0.15, 0.2) is 11.5 Å². The topological polar surface area (TPSA) is 82.0 Å². The van der Waals surface area contributed by atoms with Crippen LogP contribution < -0.4 is 14.9 Å². The number of benzene rings is 1. The number of hydrogen-bond acceptors (Lipinski definition) is 8. The second kappa shape index (κ2) is 8.82. The van der Waals surface area contributed by atoms with Gasteiger partial charge in [-0.1, -0.05) is 18.3 Å². The molecule has 0 amide bonds. The highest BCUT2D eigenvalue weighted by molar-refractivity contribution is 9.10. The Morgan fingerprint density at radius 2 is 2.12 bits per heavy atom. The first-order valence-corrected chi connectivity index (χ1v) is 8.93. The quantitative estimate of drug-likeness (QED) is 0.411. The summed E-state index contributed by atoms with van der Waals surface area (Å²) in [5.74, 6) is 0.812. The van der Waals surface area contributed by atoms with Gasteiger partial charge in [-0.2, -0.15) is 5.10 Å². The molecule has 0 aliphatic carbocycles. The van der Waals surface area contributed by atoms with Gasteiger partial charge in [0.05, 0.1) is 37.7 Å². The Morgan fingerprint density at radius 3 is 2.72 bits per heavy atom. The Hall–Kier alpha value is -2.13. The van der Waals surface area contributed by atoms with E-state index in [1.165, 1.54) is 18.4 Å². The first-order valence-electron chi connectivity index (χ1n) is 7.32. The third kappa shape index (κ3) is 4.49. The fraction of sp³-hybridized carbons (Fsp3) is 0.312. The molecule has 0 spiro atoms. The van der Waals surface area contributed by atoms with Crippen LogP contribution in [-0.4, -0.2) is 38.5 Å². The van der Waals surface area contributed by atoms with Gasteiger partial charge in [0, 0.05) is 0 Å². The molecule has 0 radical (unpaired) electrons. The van der Waals surface area contributed by atoms with E-state index in [1.54, 1.807) is 26.5 Å². The molecule has 0 unspecified atom stereocenters. The number of hydrazone groups is 1.